The zero-order chi connectivity index (χ0) is 17.4. The first kappa shape index (κ1) is 15.9. The number of anilines is 1. The van der Waals surface area contributed by atoms with Gasteiger partial charge in [0.1, 0.15) is 17.4 Å². The monoisotopic (exact) mass is 338 g/mol. The van der Waals surface area contributed by atoms with Crippen LogP contribution in [0.25, 0.3) is 22.1 Å². The first-order chi connectivity index (χ1) is 12.1. The van der Waals surface area contributed by atoms with Gasteiger partial charge in [-0.1, -0.05) is 12.1 Å². The molecule has 0 unspecified atom stereocenters. The van der Waals surface area contributed by atoms with E-state index >= 15 is 0 Å². The third kappa shape index (κ3) is 2.92. The molecule has 0 spiro atoms. The molecule has 3 aromatic rings. The minimum atomic E-state index is -0.0226. The van der Waals surface area contributed by atoms with E-state index in [9.17, 15) is 4.79 Å². The number of aromatic nitrogens is 2. The highest BCUT2D eigenvalue weighted by molar-refractivity contribution is 6.05. The number of carbonyl (C=O) groups is 1. The summed E-state index contributed by atoms with van der Waals surface area (Å²) in [6, 6.07) is 8.03. The fourth-order valence-electron chi connectivity index (χ4n) is 3.52. The van der Waals surface area contributed by atoms with Crippen molar-refractivity contribution in [2.24, 2.45) is 5.92 Å². The number of nitrogens with zero attached hydrogens (tertiary/aromatic N) is 3. The molecule has 0 aliphatic carbocycles. The van der Waals surface area contributed by atoms with Gasteiger partial charge in [0, 0.05) is 24.5 Å². The number of benzene rings is 1. The number of fused-ring (bicyclic) bond motifs is 3. The Morgan fingerprint density at radius 1 is 1.32 bits per heavy atom. The number of nitrogens with one attached hydrogen (secondary N) is 1. The number of furan rings is 1. The van der Waals surface area contributed by atoms with Crippen LogP contribution in [0.4, 0.5) is 5.82 Å². The van der Waals surface area contributed by atoms with E-state index in [2.05, 4.69) is 20.2 Å². The summed E-state index contributed by atoms with van der Waals surface area (Å²) in [4.78, 5) is 23.4. The minimum absolute atomic E-state index is 0.0226. The van der Waals surface area contributed by atoms with E-state index in [4.69, 9.17) is 4.42 Å². The molecule has 1 N–H and O–H groups in total. The Balaban J connectivity index is 1.68. The molecule has 6 heteroatoms. The van der Waals surface area contributed by atoms with Gasteiger partial charge in [-0.15, -0.1) is 0 Å². The third-order valence-corrected chi connectivity index (χ3v) is 4.66. The highest BCUT2D eigenvalue weighted by Crippen LogP contribution is 2.33. The van der Waals surface area contributed by atoms with Crippen LogP contribution >= 0.6 is 0 Å². The lowest BCUT2D eigenvalue weighted by molar-refractivity contribution is -0.125. The van der Waals surface area contributed by atoms with Gasteiger partial charge in [-0.2, -0.15) is 0 Å². The van der Waals surface area contributed by atoms with Crippen molar-refractivity contribution in [3.63, 3.8) is 0 Å². The summed E-state index contributed by atoms with van der Waals surface area (Å²) >= 11 is 0. The van der Waals surface area contributed by atoms with Crippen molar-refractivity contribution in [2.45, 2.75) is 32.7 Å². The van der Waals surface area contributed by atoms with Crippen molar-refractivity contribution in [3.05, 3.63) is 30.6 Å². The predicted molar refractivity (Wildman–Crippen MR) is 97.5 cm³/mol. The van der Waals surface area contributed by atoms with E-state index in [-0.39, 0.29) is 17.9 Å². The topological polar surface area (TPSA) is 71.3 Å². The number of amides is 1. The van der Waals surface area contributed by atoms with Crippen LogP contribution in [0.2, 0.25) is 0 Å². The maximum Gasteiger partial charge on any atom is 0.225 e. The molecule has 1 fully saturated rings. The van der Waals surface area contributed by atoms with Crippen LogP contribution in [0.1, 0.15) is 26.7 Å². The lowest BCUT2D eigenvalue weighted by Gasteiger charge is -2.33. The standard InChI is InChI=1S/C19H22N4O2/c1-12(2)22-19(24)13-6-5-9-23(10-13)18-17-16(20-11-21-18)14-7-3-4-8-15(14)25-17/h3-4,7-8,11-13H,5-6,9-10H2,1-2H3,(H,22,24)/t13-/m1/s1. The van der Waals surface area contributed by atoms with E-state index in [1.165, 1.54) is 0 Å². The van der Waals surface area contributed by atoms with Gasteiger partial charge >= 0.3 is 0 Å². The maximum absolute atomic E-state index is 12.4. The molecule has 1 amide bonds. The van der Waals surface area contributed by atoms with Crippen LogP contribution in [0, 0.1) is 5.92 Å². The second-order valence-corrected chi connectivity index (χ2v) is 6.92. The molecule has 25 heavy (non-hydrogen) atoms. The van der Waals surface area contributed by atoms with E-state index in [0.717, 1.165) is 41.7 Å². The van der Waals surface area contributed by atoms with Crippen molar-refractivity contribution in [1.29, 1.82) is 0 Å². The SMILES string of the molecule is CC(C)NC(=O)[C@@H]1CCCN(c2ncnc3c2oc2ccccc23)C1. The van der Waals surface area contributed by atoms with E-state index in [0.29, 0.717) is 12.1 Å². The molecule has 0 bridgehead atoms. The van der Waals surface area contributed by atoms with Crippen LogP contribution < -0.4 is 10.2 Å². The van der Waals surface area contributed by atoms with E-state index < -0.39 is 0 Å². The van der Waals surface area contributed by atoms with Gasteiger partial charge < -0.3 is 14.6 Å². The van der Waals surface area contributed by atoms with Crippen molar-refractivity contribution in [3.8, 4) is 0 Å². The van der Waals surface area contributed by atoms with Gasteiger partial charge in [0.15, 0.2) is 11.4 Å². The average Bonchev–Trinajstić information content (AvgIpc) is 3.00. The van der Waals surface area contributed by atoms with Crippen molar-refractivity contribution in [1.82, 2.24) is 15.3 Å². The molecule has 1 aliphatic rings. The second-order valence-electron chi connectivity index (χ2n) is 6.92. The van der Waals surface area contributed by atoms with Crippen molar-refractivity contribution in [2.75, 3.05) is 18.0 Å². The predicted octanol–water partition coefficient (Wildman–Crippen LogP) is 3.12. The molecule has 0 saturated carbocycles. The molecule has 0 radical (unpaired) electrons. The molecule has 3 heterocycles. The van der Waals surface area contributed by atoms with E-state index in [1.807, 2.05) is 38.1 Å². The third-order valence-electron chi connectivity index (χ3n) is 4.66. The largest absolute Gasteiger partial charge is 0.450 e. The van der Waals surface area contributed by atoms with Gasteiger partial charge in [0.2, 0.25) is 5.91 Å². The van der Waals surface area contributed by atoms with Crippen LogP contribution in [0.5, 0.6) is 0 Å². The molecule has 1 aliphatic heterocycles. The van der Waals surface area contributed by atoms with Crippen molar-refractivity contribution >= 4 is 33.8 Å². The Kier molecular flexibility index (Phi) is 4.03. The molecule has 1 aromatic carbocycles. The highest BCUT2D eigenvalue weighted by Gasteiger charge is 2.28. The zero-order valence-electron chi connectivity index (χ0n) is 14.5. The number of rotatable bonds is 3. The molecular weight excluding hydrogens is 316 g/mol. The number of piperidine rings is 1. The molecule has 4 rings (SSSR count). The zero-order valence-corrected chi connectivity index (χ0v) is 14.5. The first-order valence-corrected chi connectivity index (χ1v) is 8.81. The van der Waals surface area contributed by atoms with Crippen LogP contribution in [-0.4, -0.2) is 35.0 Å². The highest BCUT2D eigenvalue weighted by atomic mass is 16.3. The van der Waals surface area contributed by atoms with Crippen molar-refractivity contribution < 1.29 is 9.21 Å². The number of para-hydroxylation sites is 1. The average molecular weight is 338 g/mol. The van der Waals surface area contributed by atoms with E-state index in [1.54, 1.807) is 6.33 Å². The molecule has 2 aromatic heterocycles. The fraction of sp³-hybridized carbons (Fsp3) is 0.421. The van der Waals surface area contributed by atoms with Crippen LogP contribution in [0.15, 0.2) is 35.0 Å². The summed E-state index contributed by atoms with van der Waals surface area (Å²) in [6.45, 7) is 5.50. The quantitative estimate of drug-likeness (QED) is 0.794. The fourth-order valence-corrected chi connectivity index (χ4v) is 3.52. The Bertz CT molecular complexity index is 918. The number of hydrogen-bond acceptors (Lipinski definition) is 5. The van der Waals surface area contributed by atoms with Gasteiger partial charge in [0.25, 0.3) is 0 Å². The Hall–Kier alpha value is -2.63. The minimum Gasteiger partial charge on any atom is -0.450 e. The second kappa shape index (κ2) is 6.35. The summed E-state index contributed by atoms with van der Waals surface area (Å²) in [6.07, 6.45) is 3.45. The van der Waals surface area contributed by atoms with Gasteiger partial charge in [-0.25, -0.2) is 9.97 Å². The Labute approximate surface area is 146 Å². The summed E-state index contributed by atoms with van der Waals surface area (Å²) in [7, 11) is 0. The molecular formula is C19H22N4O2. The summed E-state index contributed by atoms with van der Waals surface area (Å²) in [5, 5.41) is 4.01. The lowest BCUT2D eigenvalue weighted by atomic mass is 9.97. The summed E-state index contributed by atoms with van der Waals surface area (Å²) in [5.41, 5.74) is 2.34. The van der Waals surface area contributed by atoms with Gasteiger partial charge in [-0.05, 0) is 38.8 Å². The summed E-state index contributed by atoms with van der Waals surface area (Å²) < 4.78 is 6.03. The summed E-state index contributed by atoms with van der Waals surface area (Å²) in [5.74, 6) is 0.878. The maximum atomic E-state index is 12.4. The van der Waals surface area contributed by atoms with Crippen LogP contribution in [-0.2, 0) is 4.79 Å². The number of carbonyl (C=O) groups excluding carboxylic acids is 1. The molecule has 130 valence electrons. The molecule has 6 nitrogen and oxygen atoms in total. The Morgan fingerprint density at radius 2 is 2.16 bits per heavy atom. The van der Waals surface area contributed by atoms with Gasteiger partial charge in [-0.3, -0.25) is 4.79 Å². The van der Waals surface area contributed by atoms with Gasteiger partial charge in [0.05, 0.1) is 5.92 Å². The first-order valence-electron chi connectivity index (χ1n) is 8.81. The van der Waals surface area contributed by atoms with Crippen LogP contribution in [0.3, 0.4) is 0 Å². The molecule has 1 atom stereocenters. The number of hydrogen-bond donors (Lipinski definition) is 1. The Morgan fingerprint density at radius 3 is 3.00 bits per heavy atom. The smallest absolute Gasteiger partial charge is 0.225 e. The lowest BCUT2D eigenvalue weighted by Crippen LogP contribution is -2.45. The normalized spacial score (nSPS) is 18.2. The molecule has 1 saturated heterocycles.